The summed E-state index contributed by atoms with van der Waals surface area (Å²) in [5.74, 6) is 0.137. The van der Waals surface area contributed by atoms with E-state index in [9.17, 15) is 13.9 Å². The van der Waals surface area contributed by atoms with Crippen molar-refractivity contribution in [1.82, 2.24) is 5.32 Å². The van der Waals surface area contributed by atoms with Crippen molar-refractivity contribution in [3.05, 3.63) is 65.2 Å². The Labute approximate surface area is 128 Å². The monoisotopic (exact) mass is 307 g/mol. The lowest BCUT2D eigenvalue weighted by atomic mass is 10.1. The van der Waals surface area contributed by atoms with Crippen LogP contribution in [0.3, 0.4) is 0 Å². The quantitative estimate of drug-likeness (QED) is 0.823. The van der Waals surface area contributed by atoms with Gasteiger partial charge in [-0.3, -0.25) is 0 Å². The van der Waals surface area contributed by atoms with Crippen LogP contribution >= 0.6 is 0 Å². The number of halogens is 2. The fraction of sp³-hybridized carbons (Fsp3) is 0.294. The maximum absolute atomic E-state index is 12.0. The Balaban J connectivity index is 1.79. The van der Waals surface area contributed by atoms with E-state index in [4.69, 9.17) is 0 Å². The van der Waals surface area contributed by atoms with Crippen molar-refractivity contribution in [2.45, 2.75) is 26.2 Å². The molecule has 118 valence electrons. The van der Waals surface area contributed by atoms with E-state index in [-0.39, 0.29) is 5.75 Å². The van der Waals surface area contributed by atoms with Crippen LogP contribution in [-0.4, -0.2) is 18.3 Å². The smallest absolute Gasteiger partial charge is 0.387 e. The summed E-state index contributed by atoms with van der Waals surface area (Å²) >= 11 is 0. The second-order valence-electron chi connectivity index (χ2n) is 5.08. The van der Waals surface area contributed by atoms with Crippen LogP contribution in [0.25, 0.3) is 0 Å². The molecule has 5 heteroatoms. The summed E-state index contributed by atoms with van der Waals surface area (Å²) in [6.45, 7) is 0.139. The van der Waals surface area contributed by atoms with Gasteiger partial charge in [-0.25, -0.2) is 0 Å². The molecule has 2 rings (SSSR count). The first-order valence-corrected chi connectivity index (χ1v) is 7.03. The molecule has 0 aliphatic heterocycles. The molecular weight excluding hydrogens is 288 g/mol. The minimum absolute atomic E-state index is 0.137. The molecule has 0 saturated heterocycles. The SMILES string of the molecule is Cc1ccc(C(O)CNCc2ccc(OC(F)F)cc2)cc1. The number of nitrogens with one attached hydrogen (secondary N) is 1. The number of aryl methyl sites for hydroxylation is 1. The highest BCUT2D eigenvalue weighted by Crippen LogP contribution is 2.15. The van der Waals surface area contributed by atoms with Crippen molar-refractivity contribution in [1.29, 1.82) is 0 Å². The first-order chi connectivity index (χ1) is 10.5. The molecule has 3 nitrogen and oxygen atoms in total. The number of ether oxygens (including phenoxy) is 1. The van der Waals surface area contributed by atoms with Gasteiger partial charge < -0.3 is 15.2 Å². The van der Waals surface area contributed by atoms with E-state index in [0.29, 0.717) is 13.1 Å². The highest BCUT2D eigenvalue weighted by molar-refractivity contribution is 5.27. The van der Waals surface area contributed by atoms with Crippen molar-refractivity contribution in [2.75, 3.05) is 6.54 Å². The van der Waals surface area contributed by atoms with Crippen LogP contribution in [0.5, 0.6) is 5.75 Å². The van der Waals surface area contributed by atoms with Crippen molar-refractivity contribution in [3.63, 3.8) is 0 Å². The van der Waals surface area contributed by atoms with Crippen LogP contribution in [0.1, 0.15) is 22.8 Å². The topological polar surface area (TPSA) is 41.5 Å². The summed E-state index contributed by atoms with van der Waals surface area (Å²) < 4.78 is 28.4. The van der Waals surface area contributed by atoms with E-state index in [1.165, 1.54) is 12.1 Å². The van der Waals surface area contributed by atoms with E-state index in [2.05, 4.69) is 10.1 Å². The molecule has 2 aromatic carbocycles. The molecule has 0 radical (unpaired) electrons. The molecule has 22 heavy (non-hydrogen) atoms. The Hall–Kier alpha value is -1.98. The van der Waals surface area contributed by atoms with E-state index in [1.807, 2.05) is 31.2 Å². The summed E-state index contributed by atoms with van der Waals surface area (Å²) in [7, 11) is 0. The minimum Gasteiger partial charge on any atom is -0.435 e. The zero-order chi connectivity index (χ0) is 15.9. The summed E-state index contributed by atoms with van der Waals surface area (Å²) in [4.78, 5) is 0. The number of aliphatic hydroxyl groups is 1. The highest BCUT2D eigenvalue weighted by atomic mass is 19.3. The predicted molar refractivity (Wildman–Crippen MR) is 80.9 cm³/mol. The zero-order valence-corrected chi connectivity index (χ0v) is 12.3. The Morgan fingerprint density at radius 1 is 1.05 bits per heavy atom. The lowest BCUT2D eigenvalue weighted by molar-refractivity contribution is -0.0498. The Morgan fingerprint density at radius 2 is 1.68 bits per heavy atom. The van der Waals surface area contributed by atoms with Gasteiger partial charge in [0.2, 0.25) is 0 Å². The molecule has 0 amide bonds. The van der Waals surface area contributed by atoms with Gasteiger partial charge in [0.1, 0.15) is 5.75 Å². The second-order valence-corrected chi connectivity index (χ2v) is 5.08. The predicted octanol–water partition coefficient (Wildman–Crippen LogP) is 3.42. The molecule has 1 unspecified atom stereocenters. The van der Waals surface area contributed by atoms with Gasteiger partial charge in [0.25, 0.3) is 0 Å². The van der Waals surface area contributed by atoms with Gasteiger partial charge in [-0.2, -0.15) is 8.78 Å². The van der Waals surface area contributed by atoms with Gasteiger partial charge in [-0.05, 0) is 30.2 Å². The number of benzene rings is 2. The summed E-state index contributed by atoms with van der Waals surface area (Å²) in [5.41, 5.74) is 2.94. The number of hydrogen-bond donors (Lipinski definition) is 2. The fourth-order valence-electron chi connectivity index (χ4n) is 2.05. The average molecular weight is 307 g/mol. The van der Waals surface area contributed by atoms with Gasteiger partial charge in [0, 0.05) is 13.1 Å². The van der Waals surface area contributed by atoms with E-state index >= 15 is 0 Å². The third-order valence-corrected chi connectivity index (χ3v) is 3.28. The van der Waals surface area contributed by atoms with Crippen molar-refractivity contribution in [2.24, 2.45) is 0 Å². The van der Waals surface area contributed by atoms with Crippen LogP contribution in [0.4, 0.5) is 8.78 Å². The van der Waals surface area contributed by atoms with Crippen molar-refractivity contribution >= 4 is 0 Å². The van der Waals surface area contributed by atoms with E-state index in [0.717, 1.165) is 16.7 Å². The number of hydrogen-bond acceptors (Lipinski definition) is 3. The second kappa shape index (κ2) is 7.87. The molecular formula is C17H19F2NO2. The third kappa shape index (κ3) is 5.09. The Bertz CT molecular complexity index is 570. The van der Waals surface area contributed by atoms with Crippen molar-refractivity contribution < 1.29 is 18.6 Å². The average Bonchev–Trinajstić information content (AvgIpc) is 2.49. The van der Waals surface area contributed by atoms with Crippen LogP contribution in [0.2, 0.25) is 0 Å². The van der Waals surface area contributed by atoms with Crippen LogP contribution in [0.15, 0.2) is 48.5 Å². The normalized spacial score (nSPS) is 12.4. The first-order valence-electron chi connectivity index (χ1n) is 7.03. The lowest BCUT2D eigenvalue weighted by Gasteiger charge is -2.13. The summed E-state index contributed by atoms with van der Waals surface area (Å²) in [6, 6.07) is 14.1. The zero-order valence-electron chi connectivity index (χ0n) is 12.3. The van der Waals surface area contributed by atoms with Crippen LogP contribution < -0.4 is 10.1 Å². The van der Waals surface area contributed by atoms with Gasteiger partial charge in [0.15, 0.2) is 0 Å². The molecule has 0 saturated carbocycles. The molecule has 0 bridgehead atoms. The minimum atomic E-state index is -2.81. The Kier molecular flexibility index (Phi) is 5.86. The van der Waals surface area contributed by atoms with Crippen LogP contribution in [-0.2, 0) is 6.54 Å². The molecule has 0 aliphatic rings. The molecule has 0 heterocycles. The maximum atomic E-state index is 12.0. The van der Waals surface area contributed by atoms with Gasteiger partial charge in [0.05, 0.1) is 6.10 Å². The van der Waals surface area contributed by atoms with Gasteiger partial charge in [-0.1, -0.05) is 42.0 Å². The molecule has 0 aromatic heterocycles. The maximum Gasteiger partial charge on any atom is 0.387 e. The van der Waals surface area contributed by atoms with Gasteiger partial charge in [-0.15, -0.1) is 0 Å². The third-order valence-electron chi connectivity index (χ3n) is 3.28. The van der Waals surface area contributed by atoms with E-state index in [1.54, 1.807) is 12.1 Å². The fourth-order valence-corrected chi connectivity index (χ4v) is 2.05. The molecule has 0 spiro atoms. The Morgan fingerprint density at radius 3 is 2.27 bits per heavy atom. The summed E-state index contributed by atoms with van der Waals surface area (Å²) in [6.07, 6.45) is -0.581. The largest absolute Gasteiger partial charge is 0.435 e. The van der Waals surface area contributed by atoms with Gasteiger partial charge >= 0.3 is 6.61 Å². The molecule has 2 aromatic rings. The van der Waals surface area contributed by atoms with E-state index < -0.39 is 12.7 Å². The highest BCUT2D eigenvalue weighted by Gasteiger charge is 2.07. The lowest BCUT2D eigenvalue weighted by Crippen LogP contribution is -2.21. The standard InChI is InChI=1S/C17H19F2NO2/c1-12-2-6-14(7-3-12)16(21)11-20-10-13-4-8-15(9-5-13)22-17(18)19/h2-9,16-17,20-21H,10-11H2,1H3. The number of aliphatic hydroxyl groups excluding tert-OH is 1. The van der Waals surface area contributed by atoms with Crippen LogP contribution in [0, 0.1) is 6.92 Å². The molecule has 1 atom stereocenters. The molecule has 0 aliphatic carbocycles. The first kappa shape index (κ1) is 16.4. The number of alkyl halides is 2. The molecule has 0 fully saturated rings. The summed E-state index contributed by atoms with van der Waals surface area (Å²) in [5, 5.41) is 13.2. The van der Waals surface area contributed by atoms with Crippen molar-refractivity contribution in [3.8, 4) is 5.75 Å². The number of rotatable bonds is 7. The molecule has 2 N–H and O–H groups in total.